The van der Waals surface area contributed by atoms with Crippen molar-refractivity contribution in [3.8, 4) is 0 Å². The van der Waals surface area contributed by atoms with E-state index >= 15 is 0 Å². The molecule has 1 fully saturated rings. The van der Waals surface area contributed by atoms with E-state index in [2.05, 4.69) is 45.0 Å². The molecule has 0 spiro atoms. The first-order chi connectivity index (χ1) is 9.82. The molecule has 4 nitrogen and oxygen atoms in total. The maximum atomic E-state index is 5.04. The van der Waals surface area contributed by atoms with Gasteiger partial charge in [-0.2, -0.15) is 4.37 Å². The molecule has 0 atom stereocenters. The molecular formula is C15H19N3OS. The highest BCUT2D eigenvalue weighted by molar-refractivity contribution is 7.09. The van der Waals surface area contributed by atoms with Crippen LogP contribution in [0.5, 0.6) is 0 Å². The second-order valence-corrected chi connectivity index (χ2v) is 6.01. The highest BCUT2D eigenvalue weighted by atomic mass is 32.1. The van der Waals surface area contributed by atoms with Crippen molar-refractivity contribution in [3.05, 3.63) is 41.7 Å². The minimum atomic E-state index is 0.305. The Morgan fingerprint density at radius 1 is 1.30 bits per heavy atom. The summed E-state index contributed by atoms with van der Waals surface area (Å²) in [5, 5.41) is 4.36. The van der Waals surface area contributed by atoms with Gasteiger partial charge in [0.2, 0.25) is 5.13 Å². The fourth-order valence-corrected chi connectivity index (χ4v) is 2.98. The van der Waals surface area contributed by atoms with Gasteiger partial charge in [-0.3, -0.25) is 0 Å². The summed E-state index contributed by atoms with van der Waals surface area (Å²) in [6.07, 6.45) is 3.28. The van der Waals surface area contributed by atoms with Crippen LogP contribution < -0.4 is 5.32 Å². The Balaban J connectivity index is 1.58. The number of hydrogen-bond acceptors (Lipinski definition) is 5. The maximum Gasteiger partial charge on any atom is 0.202 e. The van der Waals surface area contributed by atoms with Gasteiger partial charge in [0, 0.05) is 37.0 Å². The van der Waals surface area contributed by atoms with Gasteiger partial charge in [0.15, 0.2) is 0 Å². The predicted molar refractivity (Wildman–Crippen MR) is 81.3 cm³/mol. The number of ether oxygens (including phenoxy) is 1. The number of rotatable bonds is 7. The zero-order valence-corrected chi connectivity index (χ0v) is 12.4. The van der Waals surface area contributed by atoms with Crippen LogP contribution in [0.15, 0.2) is 30.3 Å². The van der Waals surface area contributed by atoms with Crippen molar-refractivity contribution in [2.24, 2.45) is 0 Å². The SMILES string of the molecule is COCCc1nsc(NCC2(c3ccccc3)CC2)n1. The van der Waals surface area contributed by atoms with E-state index in [0.29, 0.717) is 12.0 Å². The highest BCUT2D eigenvalue weighted by Gasteiger charge is 2.43. The molecule has 1 heterocycles. The molecule has 0 bridgehead atoms. The van der Waals surface area contributed by atoms with Gasteiger partial charge in [0.1, 0.15) is 5.82 Å². The van der Waals surface area contributed by atoms with E-state index in [4.69, 9.17) is 4.74 Å². The minimum absolute atomic E-state index is 0.305. The average molecular weight is 289 g/mol. The summed E-state index contributed by atoms with van der Waals surface area (Å²) in [5.74, 6) is 0.865. The topological polar surface area (TPSA) is 47.0 Å². The van der Waals surface area contributed by atoms with E-state index in [1.54, 1.807) is 7.11 Å². The summed E-state index contributed by atoms with van der Waals surface area (Å²) in [6.45, 7) is 1.61. The molecule has 1 aromatic heterocycles. The molecule has 0 aliphatic heterocycles. The number of hydrogen-bond donors (Lipinski definition) is 1. The van der Waals surface area contributed by atoms with Crippen LogP contribution in [0.2, 0.25) is 0 Å². The molecule has 5 heteroatoms. The van der Waals surface area contributed by atoms with Gasteiger partial charge >= 0.3 is 0 Å². The number of aromatic nitrogens is 2. The smallest absolute Gasteiger partial charge is 0.202 e. The second kappa shape index (κ2) is 5.89. The van der Waals surface area contributed by atoms with Crippen LogP contribution in [-0.4, -0.2) is 29.6 Å². The van der Waals surface area contributed by atoms with E-state index in [1.807, 2.05) is 0 Å². The largest absolute Gasteiger partial charge is 0.384 e. The zero-order chi connectivity index (χ0) is 13.8. The summed E-state index contributed by atoms with van der Waals surface area (Å²) in [4.78, 5) is 4.49. The molecule has 20 heavy (non-hydrogen) atoms. The lowest BCUT2D eigenvalue weighted by Crippen LogP contribution is -2.19. The number of nitrogens with zero attached hydrogens (tertiary/aromatic N) is 2. The van der Waals surface area contributed by atoms with Crippen LogP contribution >= 0.6 is 11.5 Å². The molecule has 1 aromatic carbocycles. The Bertz CT molecular complexity index is 551. The lowest BCUT2D eigenvalue weighted by Gasteiger charge is -2.15. The Hall–Kier alpha value is -1.46. The third-order valence-corrected chi connectivity index (χ3v) is 4.53. The van der Waals surface area contributed by atoms with Crippen LogP contribution in [0.1, 0.15) is 24.2 Å². The van der Waals surface area contributed by atoms with E-state index in [9.17, 15) is 0 Å². The fourth-order valence-electron chi connectivity index (χ4n) is 2.38. The Labute approximate surface area is 123 Å². The Morgan fingerprint density at radius 2 is 2.10 bits per heavy atom. The molecule has 0 radical (unpaired) electrons. The van der Waals surface area contributed by atoms with Gasteiger partial charge in [-0.15, -0.1) is 0 Å². The van der Waals surface area contributed by atoms with E-state index in [1.165, 1.54) is 29.9 Å². The van der Waals surface area contributed by atoms with Crippen LogP contribution in [0, 0.1) is 0 Å². The molecule has 3 rings (SSSR count). The van der Waals surface area contributed by atoms with E-state index in [0.717, 1.165) is 23.9 Å². The summed E-state index contributed by atoms with van der Waals surface area (Å²) < 4.78 is 9.38. The van der Waals surface area contributed by atoms with Crippen LogP contribution in [0.3, 0.4) is 0 Å². The first-order valence-electron chi connectivity index (χ1n) is 6.93. The molecule has 0 unspecified atom stereocenters. The van der Waals surface area contributed by atoms with Crippen molar-refractivity contribution in [2.75, 3.05) is 25.6 Å². The molecular weight excluding hydrogens is 270 g/mol. The van der Waals surface area contributed by atoms with Gasteiger partial charge in [-0.05, 0) is 18.4 Å². The quantitative estimate of drug-likeness (QED) is 0.851. The number of methoxy groups -OCH3 is 1. The molecule has 1 N–H and O–H groups in total. The molecule has 2 aromatic rings. The second-order valence-electron chi connectivity index (χ2n) is 5.26. The van der Waals surface area contributed by atoms with Gasteiger partial charge < -0.3 is 10.1 Å². The van der Waals surface area contributed by atoms with Crippen LogP contribution in [-0.2, 0) is 16.6 Å². The van der Waals surface area contributed by atoms with Crippen molar-refractivity contribution in [1.29, 1.82) is 0 Å². The Kier molecular flexibility index (Phi) is 3.98. The van der Waals surface area contributed by atoms with Crippen LogP contribution in [0.25, 0.3) is 0 Å². The van der Waals surface area contributed by atoms with Crippen molar-refractivity contribution in [2.45, 2.75) is 24.7 Å². The number of nitrogens with one attached hydrogen (secondary N) is 1. The van der Waals surface area contributed by atoms with E-state index in [-0.39, 0.29) is 0 Å². The van der Waals surface area contributed by atoms with Crippen LogP contribution in [0.4, 0.5) is 5.13 Å². The normalized spacial score (nSPS) is 16.1. The highest BCUT2D eigenvalue weighted by Crippen LogP contribution is 2.48. The van der Waals surface area contributed by atoms with Crippen molar-refractivity contribution < 1.29 is 4.74 Å². The van der Waals surface area contributed by atoms with Crippen molar-refractivity contribution in [1.82, 2.24) is 9.36 Å². The third kappa shape index (κ3) is 2.99. The molecule has 1 saturated carbocycles. The zero-order valence-electron chi connectivity index (χ0n) is 11.6. The molecule has 1 aliphatic carbocycles. The lowest BCUT2D eigenvalue weighted by atomic mass is 9.96. The van der Waals surface area contributed by atoms with Gasteiger partial charge in [0.05, 0.1) is 6.61 Å². The first-order valence-corrected chi connectivity index (χ1v) is 7.71. The summed E-state index contributed by atoms with van der Waals surface area (Å²) in [6, 6.07) is 10.7. The van der Waals surface area contributed by atoms with Crippen molar-refractivity contribution >= 4 is 16.7 Å². The average Bonchev–Trinajstić information content (AvgIpc) is 3.16. The van der Waals surface area contributed by atoms with Gasteiger partial charge in [-0.1, -0.05) is 30.3 Å². The van der Waals surface area contributed by atoms with Gasteiger partial charge in [-0.25, -0.2) is 4.98 Å². The molecule has 0 amide bonds. The standard InChI is InChI=1S/C15H19N3OS/c1-19-10-7-13-17-14(20-18-13)16-11-15(8-9-15)12-5-3-2-4-6-12/h2-6H,7-11H2,1H3,(H,16,17,18). The summed E-state index contributed by atoms with van der Waals surface area (Å²) in [5.41, 5.74) is 1.73. The fraction of sp³-hybridized carbons (Fsp3) is 0.467. The van der Waals surface area contributed by atoms with Crippen molar-refractivity contribution in [3.63, 3.8) is 0 Å². The third-order valence-electron chi connectivity index (χ3n) is 3.82. The molecule has 1 aliphatic rings. The predicted octanol–water partition coefficient (Wildman–Crippen LogP) is 2.87. The molecule has 106 valence electrons. The summed E-state index contributed by atoms with van der Waals surface area (Å²) in [7, 11) is 1.70. The first kappa shape index (κ1) is 13.5. The Morgan fingerprint density at radius 3 is 2.80 bits per heavy atom. The minimum Gasteiger partial charge on any atom is -0.384 e. The summed E-state index contributed by atoms with van der Waals surface area (Å²) >= 11 is 1.44. The monoisotopic (exact) mass is 289 g/mol. The van der Waals surface area contributed by atoms with E-state index < -0.39 is 0 Å². The molecule has 0 saturated heterocycles. The number of anilines is 1. The number of benzene rings is 1. The maximum absolute atomic E-state index is 5.04. The lowest BCUT2D eigenvalue weighted by molar-refractivity contribution is 0.201. The van der Waals surface area contributed by atoms with Gasteiger partial charge in [0.25, 0.3) is 0 Å².